The third kappa shape index (κ3) is 40.6. The Balaban J connectivity index is 1.40. The second kappa shape index (κ2) is 58.3. The van der Waals surface area contributed by atoms with Crippen LogP contribution in [0.5, 0.6) is 11.5 Å². The largest absolute Gasteiger partial charge is 0.508 e. The van der Waals surface area contributed by atoms with Gasteiger partial charge in [0, 0.05) is 32.2 Å². The zero-order valence-corrected chi connectivity index (χ0v) is 80.7. The van der Waals surface area contributed by atoms with Crippen molar-refractivity contribution < 1.29 is 131 Å². The zero-order chi connectivity index (χ0) is 106. The lowest BCUT2D eigenvalue weighted by atomic mass is 9.96. The number of carboxylic acid groups (broad SMARTS) is 3. The maximum absolute atomic E-state index is 15.0. The van der Waals surface area contributed by atoms with E-state index in [1.807, 2.05) is 0 Å². The molecule has 1 fully saturated rings. The predicted molar refractivity (Wildman–Crippen MR) is 510 cm³/mol. The van der Waals surface area contributed by atoms with Gasteiger partial charge < -0.3 is 139 Å². The molecule has 0 saturated carbocycles. The number of carboxylic acids is 3. The molecule has 47 nitrogen and oxygen atoms in total. The highest BCUT2D eigenvalue weighted by Gasteiger charge is 2.44. The number of nitrogens with two attached hydrogens (primary N) is 5. The van der Waals surface area contributed by atoms with Crippen molar-refractivity contribution in [2.24, 2.45) is 52.3 Å². The van der Waals surface area contributed by atoms with Crippen molar-refractivity contribution in [3.8, 4) is 11.5 Å². The summed E-state index contributed by atoms with van der Waals surface area (Å²) in [6, 6.07) is -1.37. The predicted octanol–water partition coefficient (Wildman–Crippen LogP) is -4.17. The van der Waals surface area contributed by atoms with E-state index >= 15 is 0 Å². The van der Waals surface area contributed by atoms with Gasteiger partial charge in [0.25, 0.3) is 0 Å². The zero-order valence-electron chi connectivity index (χ0n) is 80.7. The van der Waals surface area contributed by atoms with Crippen molar-refractivity contribution in [1.29, 1.82) is 0 Å². The van der Waals surface area contributed by atoms with E-state index in [1.54, 1.807) is 91.8 Å². The average molecular weight is 1990 g/mol. The molecule has 0 aromatic heterocycles. The van der Waals surface area contributed by atoms with Gasteiger partial charge in [-0.25, -0.2) is 4.79 Å². The number of phenols is 2. The molecule has 1 saturated heterocycles. The van der Waals surface area contributed by atoms with Crippen LogP contribution in [0.15, 0.2) is 109 Å². The van der Waals surface area contributed by atoms with Gasteiger partial charge in [-0.2, -0.15) is 0 Å². The molecule has 778 valence electrons. The van der Waals surface area contributed by atoms with E-state index in [0.717, 1.165) is 11.8 Å². The Bertz CT molecular complexity index is 5030. The number of rotatable bonds is 61. The molecule has 5 rings (SSSR count). The number of carbonyl (C=O) groups excluding carboxylic acids is 18. The van der Waals surface area contributed by atoms with Crippen LogP contribution in [0.3, 0.4) is 0 Å². The van der Waals surface area contributed by atoms with Crippen molar-refractivity contribution in [1.82, 2.24) is 79.3 Å². The molecule has 0 radical (unpaired) electrons. The molecule has 142 heavy (non-hydrogen) atoms. The molecule has 0 bridgehead atoms. The number of primary amides is 3. The highest BCUT2D eigenvalue weighted by atomic mass is 16.4. The minimum atomic E-state index is -2.29. The number of aliphatic carboxylic acids is 3. The molecule has 0 aliphatic carbocycles. The lowest BCUT2D eigenvalue weighted by Crippen LogP contribution is -2.63. The standard InChI is InChI=1S/C95H136N20O27/c1-10-51(8)78(92(138)112-71(95(141)142)38-50(6)7)113-89(135)66(44-74(99)120)106-83(129)62(39-53-20-13-11-14-21-53)103-81(127)60(36-48(2)3)101-85(131)64(41-55-26-30-57(117)31-27-55)110-93(139)79(52(9)116)114-90(136)67(45-75(100)121)107-87(133)68(46-76(122)123)108-84(130)63(40-54-22-15-12-16-23-54)104-86(132)65(43-73(98)119)105-82(128)61(37-49(4)5)102-88(134)69(47-77(124)125)109-91(137)72-25-19-35-115(72)94(140)70(42-56-28-32-58(118)33-29-56)111-80(126)59(97)24-17-18-34-96/h11-16,20-23,26-33,48-52,59-72,78-79,116-118H,10,17-19,24-25,34-47,96-97H2,1-9H3,(H2,98,119)(H2,99,120)(H2,100,121)(H,101,131)(H,102,134)(H,103,127)(H,104,132)(H,105,128)(H,106,129)(H,107,133)(H,108,130)(H,109,137)(H,110,139)(H,111,126)(H,112,138)(H,113,135)(H,114,136)(H,122,123)(H,124,125)(H,141,142)/t51-,52+,59-,60-,61-,62-,63-,64-,65-,66-,67-,68-,69-,70-,71-,72-,78-,79-/m0/s1. The van der Waals surface area contributed by atoms with Gasteiger partial charge in [0.15, 0.2) is 0 Å². The Kier molecular flexibility index (Phi) is 48.4. The summed E-state index contributed by atoms with van der Waals surface area (Å²) < 4.78 is 0. The van der Waals surface area contributed by atoms with Crippen LogP contribution >= 0.6 is 0 Å². The van der Waals surface area contributed by atoms with Crippen LogP contribution in [0.1, 0.15) is 174 Å². The summed E-state index contributed by atoms with van der Waals surface area (Å²) in [5.74, 6) is -27.9. The summed E-state index contributed by atoms with van der Waals surface area (Å²) >= 11 is 0. The number of amides is 18. The quantitative estimate of drug-likeness (QED) is 0.0187. The van der Waals surface area contributed by atoms with Crippen LogP contribution in [0.4, 0.5) is 0 Å². The third-order valence-electron chi connectivity index (χ3n) is 23.0. The highest BCUT2D eigenvalue weighted by Crippen LogP contribution is 2.24. The number of nitrogens with zero attached hydrogens (tertiary/aromatic N) is 1. The Labute approximate surface area is 820 Å². The second-order valence-electron chi connectivity index (χ2n) is 36.5. The van der Waals surface area contributed by atoms with Gasteiger partial charge in [-0.3, -0.25) is 95.9 Å². The van der Waals surface area contributed by atoms with Gasteiger partial charge in [-0.05, 0) is 129 Å². The van der Waals surface area contributed by atoms with Gasteiger partial charge in [0.1, 0.15) is 102 Å². The molecule has 18 amide bonds. The Morgan fingerprint density at radius 3 is 1.02 bits per heavy atom. The number of benzene rings is 4. The first kappa shape index (κ1) is 118. The van der Waals surface area contributed by atoms with E-state index < -0.39 is 290 Å². The molecule has 0 spiro atoms. The first-order chi connectivity index (χ1) is 66.9. The van der Waals surface area contributed by atoms with E-state index in [-0.39, 0.29) is 92.9 Å². The second-order valence-corrected chi connectivity index (χ2v) is 36.5. The first-order valence-electron chi connectivity index (χ1n) is 46.7. The van der Waals surface area contributed by atoms with Crippen molar-refractivity contribution in [3.05, 3.63) is 131 Å². The molecule has 4 aromatic rings. The number of hydrogen-bond acceptors (Lipinski definition) is 26. The Morgan fingerprint density at radius 1 is 0.359 bits per heavy atom. The molecule has 30 N–H and O–H groups in total. The fourth-order valence-electron chi connectivity index (χ4n) is 15.4. The average Bonchev–Trinajstić information content (AvgIpc) is 1.69. The normalized spacial score (nSPS) is 15.9. The van der Waals surface area contributed by atoms with E-state index in [1.165, 1.54) is 72.8 Å². The molecule has 47 heteroatoms. The van der Waals surface area contributed by atoms with Crippen molar-refractivity contribution in [3.63, 3.8) is 0 Å². The minimum absolute atomic E-state index is 0.00979. The van der Waals surface area contributed by atoms with Crippen LogP contribution in [-0.4, -0.2) is 276 Å². The van der Waals surface area contributed by atoms with Crippen LogP contribution in [0.2, 0.25) is 0 Å². The highest BCUT2D eigenvalue weighted by molar-refractivity contribution is 6.03. The maximum Gasteiger partial charge on any atom is 0.326 e. The van der Waals surface area contributed by atoms with E-state index in [9.17, 15) is 131 Å². The van der Waals surface area contributed by atoms with Crippen LogP contribution < -0.4 is 103 Å². The van der Waals surface area contributed by atoms with Gasteiger partial charge in [0.05, 0.1) is 44.2 Å². The smallest absolute Gasteiger partial charge is 0.326 e. The Hall–Kier alpha value is -14.8. The SMILES string of the molecule is CC[C@H](C)[C@H](NC(=O)[C@H](CC(N)=O)NC(=O)[C@H](Cc1ccccc1)NC(=O)[C@H](CC(C)C)NC(=O)[C@H](Cc1ccc(O)cc1)NC(=O)[C@@H](NC(=O)[C@H](CC(N)=O)NC(=O)[C@H](CC(=O)O)NC(=O)[C@H](Cc1ccccc1)NC(=O)[C@H](CC(N)=O)NC(=O)[C@H](CC(C)C)NC(=O)[C@H](CC(=O)O)NC(=O)[C@@H]1CCCN1C(=O)[C@H](Cc1ccc(O)cc1)NC(=O)[C@@H](N)CCCCN)[C@@H](C)O)C(=O)N[C@@H](CC(C)C)C(=O)O. The number of unbranched alkanes of at least 4 members (excludes halogenated alkanes) is 1. The molecule has 0 unspecified atom stereocenters. The van der Waals surface area contributed by atoms with Gasteiger partial charge >= 0.3 is 17.9 Å². The number of aromatic hydroxyl groups is 2. The lowest BCUT2D eigenvalue weighted by Gasteiger charge is -2.30. The van der Waals surface area contributed by atoms with Crippen molar-refractivity contribution in [2.45, 2.75) is 281 Å². The van der Waals surface area contributed by atoms with Crippen LogP contribution in [-0.2, 0) is 126 Å². The number of nitrogens with one attached hydrogen (secondary N) is 14. The van der Waals surface area contributed by atoms with E-state index in [2.05, 4.69) is 74.4 Å². The summed E-state index contributed by atoms with van der Waals surface area (Å²) in [6.07, 6.45) is -7.64. The summed E-state index contributed by atoms with van der Waals surface area (Å²) in [5, 5.41) is 95.4. The molecule has 1 aliphatic rings. The summed E-state index contributed by atoms with van der Waals surface area (Å²) in [6.45, 7) is 14.5. The van der Waals surface area contributed by atoms with Gasteiger partial charge in [0.2, 0.25) is 106 Å². The van der Waals surface area contributed by atoms with E-state index in [4.69, 9.17) is 28.7 Å². The summed E-state index contributed by atoms with van der Waals surface area (Å²) in [5.41, 5.74) is 30.0. The third-order valence-corrected chi connectivity index (χ3v) is 23.0. The number of phenolic OH excluding ortho intramolecular Hbond substituents is 2. The number of likely N-dealkylation sites (tertiary alicyclic amines) is 1. The van der Waals surface area contributed by atoms with Gasteiger partial charge in [-0.1, -0.05) is 153 Å². The van der Waals surface area contributed by atoms with E-state index in [0.29, 0.717) is 30.5 Å². The molecule has 1 heterocycles. The number of carbonyl (C=O) groups is 21. The number of aliphatic hydroxyl groups excluding tert-OH is 1. The lowest BCUT2D eigenvalue weighted by molar-refractivity contribution is -0.144. The van der Waals surface area contributed by atoms with Crippen LogP contribution in [0.25, 0.3) is 0 Å². The topological polar surface area (TPSA) is 782 Å². The number of hydrogen-bond donors (Lipinski definition) is 25. The van der Waals surface area contributed by atoms with Crippen molar-refractivity contribution in [2.75, 3.05) is 13.1 Å². The molecule has 18 atom stereocenters. The molecular weight excluding hydrogens is 1850 g/mol. The fraction of sp³-hybridized carbons (Fsp3) is 0.526. The summed E-state index contributed by atoms with van der Waals surface area (Å²) in [7, 11) is 0. The number of aliphatic hydroxyl groups is 1. The fourth-order valence-corrected chi connectivity index (χ4v) is 15.4. The van der Waals surface area contributed by atoms with Gasteiger partial charge in [-0.15, -0.1) is 0 Å². The maximum atomic E-state index is 15.0. The monoisotopic (exact) mass is 1990 g/mol. The molecule has 4 aromatic carbocycles. The van der Waals surface area contributed by atoms with Crippen LogP contribution in [0, 0.1) is 23.7 Å². The Morgan fingerprint density at radius 2 is 0.662 bits per heavy atom. The first-order valence-corrected chi connectivity index (χ1v) is 46.7. The summed E-state index contributed by atoms with van der Waals surface area (Å²) in [4.78, 5) is 294. The minimum Gasteiger partial charge on any atom is -0.508 e. The molecular formula is C95H136N20O27. The molecule has 1 aliphatic heterocycles. The van der Waals surface area contributed by atoms with Crippen molar-refractivity contribution >= 4 is 124 Å².